The first-order valence-electron chi connectivity index (χ1n) is 8.51. The summed E-state index contributed by atoms with van der Waals surface area (Å²) in [5.41, 5.74) is 0.541. The van der Waals surface area contributed by atoms with Crippen molar-refractivity contribution in [2.45, 2.75) is 71.1 Å². The summed E-state index contributed by atoms with van der Waals surface area (Å²) in [5, 5.41) is -0.594. The first-order valence-corrected chi connectivity index (χ1v) is 9.26. The molecule has 0 spiro atoms. The van der Waals surface area contributed by atoms with Crippen molar-refractivity contribution in [2.75, 3.05) is 0 Å². The first-order chi connectivity index (χ1) is 11.1. The lowest BCUT2D eigenvalue weighted by molar-refractivity contribution is -0.111. The SMILES string of the molecule is CCCCCCCCCCCC(=O)Cl.O=C(Cl)c1ccccc1. The fourth-order valence-electron chi connectivity index (χ4n) is 2.14. The number of carbonyl (C=O) groups excluding carboxylic acids is 2. The highest BCUT2D eigenvalue weighted by Crippen LogP contribution is 2.10. The van der Waals surface area contributed by atoms with Gasteiger partial charge in [0, 0.05) is 12.0 Å². The number of benzene rings is 1. The van der Waals surface area contributed by atoms with Crippen molar-refractivity contribution in [3.05, 3.63) is 35.9 Å². The highest BCUT2D eigenvalue weighted by Gasteiger charge is 1.96. The third-order valence-corrected chi connectivity index (χ3v) is 3.88. The molecular formula is C19H28Cl2O2. The summed E-state index contributed by atoms with van der Waals surface area (Å²) >= 11 is 10.4. The molecule has 0 aliphatic carbocycles. The van der Waals surface area contributed by atoms with Crippen molar-refractivity contribution in [3.63, 3.8) is 0 Å². The summed E-state index contributed by atoms with van der Waals surface area (Å²) in [6.45, 7) is 2.24. The summed E-state index contributed by atoms with van der Waals surface area (Å²) in [7, 11) is 0. The number of rotatable bonds is 11. The van der Waals surface area contributed by atoms with Crippen LogP contribution in [0.3, 0.4) is 0 Å². The van der Waals surface area contributed by atoms with E-state index >= 15 is 0 Å². The number of halogens is 2. The maximum Gasteiger partial charge on any atom is 0.252 e. The predicted octanol–water partition coefficient (Wildman–Crippen LogP) is 6.74. The Morgan fingerprint density at radius 2 is 1.26 bits per heavy atom. The standard InChI is InChI=1S/C12H23ClO.C7H5ClO/c1-2-3-4-5-6-7-8-9-10-11-12(13)14;8-7(9)6-4-2-1-3-5-6/h2-11H2,1H3;1-5H. The molecule has 130 valence electrons. The van der Waals surface area contributed by atoms with E-state index in [0.29, 0.717) is 12.0 Å². The van der Waals surface area contributed by atoms with Gasteiger partial charge in [0.05, 0.1) is 0 Å². The van der Waals surface area contributed by atoms with Crippen LogP contribution in [0, 0.1) is 0 Å². The van der Waals surface area contributed by atoms with Gasteiger partial charge in [-0.05, 0) is 29.6 Å². The number of carbonyl (C=O) groups is 2. The minimum absolute atomic E-state index is 0.187. The Labute approximate surface area is 150 Å². The molecule has 0 saturated carbocycles. The van der Waals surface area contributed by atoms with E-state index in [4.69, 9.17) is 23.2 Å². The van der Waals surface area contributed by atoms with Gasteiger partial charge in [0.1, 0.15) is 0 Å². The van der Waals surface area contributed by atoms with Gasteiger partial charge >= 0.3 is 0 Å². The molecule has 0 aliphatic rings. The molecule has 2 nitrogen and oxygen atoms in total. The Morgan fingerprint density at radius 1 is 0.783 bits per heavy atom. The zero-order chi connectivity index (χ0) is 17.3. The molecule has 4 heteroatoms. The summed E-state index contributed by atoms with van der Waals surface area (Å²) in [5.74, 6) is 0. The van der Waals surface area contributed by atoms with Crippen LogP contribution in [0.5, 0.6) is 0 Å². The second-order valence-corrected chi connectivity index (χ2v) is 6.34. The smallest absolute Gasteiger partial charge is 0.252 e. The largest absolute Gasteiger partial charge is 0.281 e. The topological polar surface area (TPSA) is 34.1 Å². The Balaban J connectivity index is 0.000000459. The van der Waals surface area contributed by atoms with Gasteiger partial charge in [-0.3, -0.25) is 9.59 Å². The predicted molar refractivity (Wildman–Crippen MR) is 99.3 cm³/mol. The van der Waals surface area contributed by atoms with E-state index in [0.717, 1.165) is 12.8 Å². The van der Waals surface area contributed by atoms with Crippen LogP contribution in [0.1, 0.15) is 81.5 Å². The van der Waals surface area contributed by atoms with E-state index in [2.05, 4.69) is 6.92 Å². The van der Waals surface area contributed by atoms with E-state index in [1.165, 1.54) is 44.9 Å². The lowest BCUT2D eigenvalue weighted by atomic mass is 10.1. The molecule has 0 N–H and O–H groups in total. The third-order valence-electron chi connectivity index (χ3n) is 3.48. The fraction of sp³-hybridized carbons (Fsp3) is 0.579. The highest BCUT2D eigenvalue weighted by molar-refractivity contribution is 6.67. The van der Waals surface area contributed by atoms with Crippen LogP contribution in [0.4, 0.5) is 0 Å². The fourth-order valence-corrected chi connectivity index (χ4v) is 2.40. The van der Waals surface area contributed by atoms with E-state index < -0.39 is 5.24 Å². The van der Waals surface area contributed by atoms with Crippen LogP contribution < -0.4 is 0 Å². The average molecular weight is 359 g/mol. The quantitative estimate of drug-likeness (QED) is 0.324. The highest BCUT2D eigenvalue weighted by atomic mass is 35.5. The molecular weight excluding hydrogens is 331 g/mol. The molecule has 1 rings (SSSR count). The maximum absolute atomic E-state index is 10.4. The van der Waals surface area contributed by atoms with Crippen molar-refractivity contribution < 1.29 is 9.59 Å². The van der Waals surface area contributed by atoms with Crippen LogP contribution in [0.25, 0.3) is 0 Å². The van der Waals surface area contributed by atoms with E-state index in [1.54, 1.807) is 24.3 Å². The van der Waals surface area contributed by atoms with Gasteiger partial charge in [-0.15, -0.1) is 0 Å². The minimum Gasteiger partial charge on any atom is -0.281 e. The molecule has 23 heavy (non-hydrogen) atoms. The van der Waals surface area contributed by atoms with Crippen molar-refractivity contribution >= 4 is 33.7 Å². The summed E-state index contributed by atoms with van der Waals surface area (Å²) in [6.07, 6.45) is 12.1. The summed E-state index contributed by atoms with van der Waals surface area (Å²) in [4.78, 5) is 20.8. The second kappa shape index (κ2) is 16.0. The molecule has 1 aromatic rings. The van der Waals surface area contributed by atoms with Gasteiger partial charge in [-0.1, -0.05) is 88.6 Å². The van der Waals surface area contributed by atoms with Crippen molar-refractivity contribution in [2.24, 2.45) is 0 Å². The molecule has 0 bridgehead atoms. The molecule has 0 aromatic heterocycles. The first kappa shape index (κ1) is 22.1. The summed E-state index contributed by atoms with van der Waals surface area (Å²) in [6, 6.07) is 8.74. The van der Waals surface area contributed by atoms with Crippen molar-refractivity contribution in [1.82, 2.24) is 0 Å². The van der Waals surface area contributed by atoms with Crippen molar-refractivity contribution in [1.29, 1.82) is 0 Å². The Kier molecular flexibility index (Phi) is 15.4. The molecule has 0 fully saturated rings. The lowest BCUT2D eigenvalue weighted by Crippen LogP contribution is -1.86. The van der Waals surface area contributed by atoms with Crippen LogP contribution in [-0.4, -0.2) is 10.5 Å². The average Bonchev–Trinajstić information content (AvgIpc) is 2.54. The van der Waals surface area contributed by atoms with E-state index in [9.17, 15) is 9.59 Å². The van der Waals surface area contributed by atoms with Crippen LogP contribution in [-0.2, 0) is 4.79 Å². The summed E-state index contributed by atoms with van der Waals surface area (Å²) < 4.78 is 0. The third kappa shape index (κ3) is 15.8. The number of hydrogen-bond acceptors (Lipinski definition) is 2. The van der Waals surface area contributed by atoms with Crippen LogP contribution >= 0.6 is 23.2 Å². The normalized spacial score (nSPS) is 9.87. The zero-order valence-electron chi connectivity index (χ0n) is 14.0. The van der Waals surface area contributed by atoms with Crippen LogP contribution in [0.15, 0.2) is 30.3 Å². The second-order valence-electron chi connectivity index (χ2n) is 5.57. The van der Waals surface area contributed by atoms with Gasteiger partial charge in [-0.25, -0.2) is 0 Å². The van der Waals surface area contributed by atoms with Crippen LogP contribution in [0.2, 0.25) is 0 Å². The zero-order valence-corrected chi connectivity index (χ0v) is 15.5. The molecule has 1 aromatic carbocycles. The molecule has 0 radical (unpaired) electrons. The molecule has 0 saturated heterocycles. The van der Waals surface area contributed by atoms with Gasteiger partial charge in [0.25, 0.3) is 5.24 Å². The minimum atomic E-state index is -0.407. The van der Waals surface area contributed by atoms with E-state index in [-0.39, 0.29) is 5.24 Å². The number of hydrogen-bond donors (Lipinski definition) is 0. The number of unbranched alkanes of at least 4 members (excludes halogenated alkanes) is 8. The molecule has 0 heterocycles. The van der Waals surface area contributed by atoms with Crippen molar-refractivity contribution in [3.8, 4) is 0 Å². The Hall–Kier alpha value is -0.860. The van der Waals surface area contributed by atoms with E-state index in [1.807, 2.05) is 6.07 Å². The molecule has 0 unspecified atom stereocenters. The Morgan fingerprint density at radius 3 is 1.65 bits per heavy atom. The van der Waals surface area contributed by atoms with Gasteiger partial charge in [-0.2, -0.15) is 0 Å². The Bertz CT molecular complexity index is 419. The van der Waals surface area contributed by atoms with Gasteiger partial charge < -0.3 is 0 Å². The van der Waals surface area contributed by atoms with Gasteiger partial charge in [0.2, 0.25) is 5.24 Å². The monoisotopic (exact) mass is 358 g/mol. The maximum atomic E-state index is 10.4. The molecule has 0 atom stereocenters. The van der Waals surface area contributed by atoms with Gasteiger partial charge in [0.15, 0.2) is 0 Å². The molecule has 0 amide bonds. The lowest BCUT2D eigenvalue weighted by Gasteiger charge is -2.00. The molecule has 0 aliphatic heterocycles.